The molecular formula is C23H29N7O12. The summed E-state index contributed by atoms with van der Waals surface area (Å²) in [6.07, 6.45) is 4.32. The standard InChI is InChI=1S/C23H29N7O12/c1-14-3-4-17(29(35)36)16(14)5-7-41-21(33)12-39-10-18(31)26-23(24)27-19(32)11-40-13-22(34)42-8-6-28-15(2)25-9-20(28)30(37)38/h3-4,9,16H,5-8,10-13H2,1-2H3,(H3,24,26,27,31,32). The molecular weight excluding hydrogens is 566 g/mol. The monoisotopic (exact) mass is 595 g/mol. The van der Waals surface area contributed by atoms with Gasteiger partial charge in [0.25, 0.3) is 17.5 Å². The zero-order valence-electron chi connectivity index (χ0n) is 22.7. The number of guanidine groups is 1. The van der Waals surface area contributed by atoms with Gasteiger partial charge in [-0.1, -0.05) is 11.6 Å². The number of allylic oxidation sites excluding steroid dienone is 3. The summed E-state index contributed by atoms with van der Waals surface area (Å²) in [5, 5.41) is 33.5. The lowest BCUT2D eigenvalue weighted by Crippen LogP contribution is -2.45. The molecule has 0 spiro atoms. The minimum Gasteiger partial charge on any atom is -0.464 e. The van der Waals surface area contributed by atoms with Gasteiger partial charge in [0.1, 0.15) is 45.8 Å². The van der Waals surface area contributed by atoms with Crippen molar-refractivity contribution >= 4 is 35.5 Å². The highest BCUT2D eigenvalue weighted by atomic mass is 16.6. The molecule has 1 aliphatic carbocycles. The van der Waals surface area contributed by atoms with Gasteiger partial charge >= 0.3 is 17.8 Å². The van der Waals surface area contributed by atoms with Gasteiger partial charge in [-0.2, -0.15) is 0 Å². The third-order valence-electron chi connectivity index (χ3n) is 5.54. The van der Waals surface area contributed by atoms with Crippen LogP contribution in [0, 0.1) is 38.5 Å². The van der Waals surface area contributed by atoms with Crippen molar-refractivity contribution in [2.24, 2.45) is 5.92 Å². The molecule has 1 unspecified atom stereocenters. The highest BCUT2D eigenvalue weighted by Crippen LogP contribution is 2.29. The average molecular weight is 596 g/mol. The molecule has 42 heavy (non-hydrogen) atoms. The van der Waals surface area contributed by atoms with Crippen molar-refractivity contribution in [3.63, 3.8) is 0 Å². The first kappa shape index (κ1) is 33.2. The second kappa shape index (κ2) is 16.3. The number of ether oxygens (including phenoxy) is 4. The van der Waals surface area contributed by atoms with Crippen molar-refractivity contribution in [3.8, 4) is 0 Å². The number of esters is 2. The Morgan fingerprint density at radius 3 is 2.05 bits per heavy atom. The molecule has 0 fully saturated rings. The summed E-state index contributed by atoms with van der Waals surface area (Å²) < 4.78 is 20.9. The first-order valence-corrected chi connectivity index (χ1v) is 12.2. The van der Waals surface area contributed by atoms with Crippen LogP contribution < -0.4 is 10.6 Å². The molecule has 0 saturated heterocycles. The Balaban J connectivity index is 1.53. The maximum atomic E-state index is 11.8. The summed E-state index contributed by atoms with van der Waals surface area (Å²) >= 11 is 0. The van der Waals surface area contributed by atoms with Crippen LogP contribution >= 0.6 is 0 Å². The summed E-state index contributed by atoms with van der Waals surface area (Å²) in [6, 6.07) is 0. The molecule has 228 valence electrons. The van der Waals surface area contributed by atoms with Crippen LogP contribution in [0.15, 0.2) is 29.6 Å². The molecule has 1 aliphatic rings. The fourth-order valence-electron chi connectivity index (χ4n) is 3.59. The maximum Gasteiger partial charge on any atom is 0.342 e. The highest BCUT2D eigenvalue weighted by molar-refractivity contribution is 6.03. The van der Waals surface area contributed by atoms with Gasteiger partial charge in [-0.25, -0.2) is 19.1 Å². The quantitative estimate of drug-likeness (QED) is 0.0717. The van der Waals surface area contributed by atoms with E-state index in [1.807, 2.05) is 10.6 Å². The smallest absolute Gasteiger partial charge is 0.342 e. The van der Waals surface area contributed by atoms with E-state index in [1.165, 1.54) is 10.6 Å². The van der Waals surface area contributed by atoms with E-state index in [0.717, 1.165) is 11.8 Å². The fraction of sp³-hybridized carbons (Fsp3) is 0.478. The van der Waals surface area contributed by atoms with E-state index in [-0.39, 0.29) is 37.7 Å². The fourth-order valence-corrected chi connectivity index (χ4v) is 3.59. The van der Waals surface area contributed by atoms with Crippen LogP contribution in [-0.2, 0) is 44.7 Å². The Morgan fingerprint density at radius 1 is 0.929 bits per heavy atom. The number of carbonyl (C=O) groups is 4. The Morgan fingerprint density at radius 2 is 1.50 bits per heavy atom. The molecule has 1 heterocycles. The molecule has 0 radical (unpaired) electrons. The summed E-state index contributed by atoms with van der Waals surface area (Å²) in [6.45, 7) is 0.462. The number of hydrogen-bond acceptors (Lipinski definition) is 14. The SMILES string of the molecule is CC1=CC=C([N+](=O)[O-])C1CCOC(=O)COCC(=O)NC(=N)NC(=O)COCC(=O)OCCn1c([N+](=O)[O-])cnc1C. The maximum absolute atomic E-state index is 11.8. The predicted molar refractivity (Wildman–Crippen MR) is 138 cm³/mol. The third kappa shape index (κ3) is 10.8. The Hall–Kier alpha value is -5.04. The molecule has 3 N–H and O–H groups in total. The summed E-state index contributed by atoms with van der Waals surface area (Å²) in [5.74, 6) is -4.44. The van der Waals surface area contributed by atoms with Gasteiger partial charge in [0, 0.05) is 13.0 Å². The number of nitrogens with zero attached hydrogens (tertiary/aromatic N) is 4. The average Bonchev–Trinajstić information content (AvgIpc) is 3.46. The number of aromatic nitrogens is 2. The Kier molecular flexibility index (Phi) is 12.9. The van der Waals surface area contributed by atoms with Gasteiger partial charge in [0.15, 0.2) is 5.82 Å². The number of carbonyl (C=O) groups excluding carboxylic acids is 4. The van der Waals surface area contributed by atoms with Crippen molar-refractivity contribution in [2.45, 2.75) is 26.8 Å². The van der Waals surface area contributed by atoms with E-state index in [2.05, 4.69) is 4.98 Å². The first-order valence-electron chi connectivity index (χ1n) is 12.2. The van der Waals surface area contributed by atoms with Crippen LogP contribution in [0.3, 0.4) is 0 Å². The van der Waals surface area contributed by atoms with Crippen molar-refractivity contribution in [2.75, 3.05) is 39.6 Å². The zero-order valence-corrected chi connectivity index (χ0v) is 22.7. The van der Waals surface area contributed by atoms with Crippen LogP contribution in [0.2, 0.25) is 0 Å². The van der Waals surface area contributed by atoms with E-state index in [4.69, 9.17) is 24.4 Å². The van der Waals surface area contributed by atoms with E-state index in [9.17, 15) is 39.4 Å². The van der Waals surface area contributed by atoms with Gasteiger partial charge in [0.05, 0.1) is 17.4 Å². The largest absolute Gasteiger partial charge is 0.464 e. The Bertz CT molecular complexity index is 1290. The van der Waals surface area contributed by atoms with Crippen LogP contribution in [-0.4, -0.2) is 88.8 Å². The number of amides is 2. The van der Waals surface area contributed by atoms with Crippen molar-refractivity contribution in [3.05, 3.63) is 55.7 Å². The first-order chi connectivity index (χ1) is 19.9. The van der Waals surface area contributed by atoms with Gasteiger partial charge < -0.3 is 29.1 Å². The molecule has 1 aromatic heterocycles. The van der Waals surface area contributed by atoms with E-state index >= 15 is 0 Å². The summed E-state index contributed by atoms with van der Waals surface area (Å²) in [7, 11) is 0. The third-order valence-corrected chi connectivity index (χ3v) is 5.54. The topological polar surface area (TPSA) is 257 Å². The molecule has 0 aliphatic heterocycles. The minimum absolute atomic E-state index is 0.0152. The van der Waals surface area contributed by atoms with E-state index in [0.29, 0.717) is 5.82 Å². The van der Waals surface area contributed by atoms with Gasteiger partial charge in [-0.15, -0.1) is 0 Å². The number of hydrogen-bond donors (Lipinski definition) is 3. The number of aryl methyl sites for hydroxylation is 1. The minimum atomic E-state index is -0.871. The molecule has 19 heteroatoms. The molecule has 0 aromatic carbocycles. The highest BCUT2D eigenvalue weighted by Gasteiger charge is 2.29. The van der Waals surface area contributed by atoms with Crippen molar-refractivity contribution in [1.29, 1.82) is 5.41 Å². The lowest BCUT2D eigenvalue weighted by molar-refractivity contribution is -0.432. The molecule has 2 rings (SSSR count). The number of nitro groups is 2. The van der Waals surface area contributed by atoms with Crippen molar-refractivity contribution in [1.82, 2.24) is 20.2 Å². The van der Waals surface area contributed by atoms with Gasteiger partial charge in [-0.05, 0) is 18.3 Å². The van der Waals surface area contributed by atoms with Gasteiger partial charge in [-0.3, -0.25) is 35.7 Å². The predicted octanol–water partition coefficient (Wildman–Crippen LogP) is -0.487. The molecule has 19 nitrogen and oxygen atoms in total. The number of nitrogens with one attached hydrogen (secondary N) is 3. The van der Waals surface area contributed by atoms with Crippen LogP contribution in [0.5, 0.6) is 0 Å². The second-order valence-corrected chi connectivity index (χ2v) is 8.57. The number of imidazole rings is 1. The number of rotatable bonds is 16. The summed E-state index contributed by atoms with van der Waals surface area (Å²) in [5.41, 5.74) is 0.794. The summed E-state index contributed by atoms with van der Waals surface area (Å²) in [4.78, 5) is 71.8. The normalized spacial score (nSPS) is 13.9. The molecule has 1 aromatic rings. The molecule has 0 bridgehead atoms. The Labute approximate surface area is 237 Å². The zero-order chi connectivity index (χ0) is 31.2. The molecule has 1 atom stereocenters. The van der Waals surface area contributed by atoms with Crippen molar-refractivity contribution < 1.29 is 48.0 Å². The lowest BCUT2D eigenvalue weighted by Gasteiger charge is -2.12. The van der Waals surface area contributed by atoms with Crippen LogP contribution in [0.25, 0.3) is 0 Å². The van der Waals surface area contributed by atoms with Crippen LogP contribution in [0.1, 0.15) is 19.2 Å². The van der Waals surface area contributed by atoms with Crippen LogP contribution in [0.4, 0.5) is 5.82 Å². The van der Waals surface area contributed by atoms with Gasteiger partial charge in [0.2, 0.25) is 5.96 Å². The van der Waals surface area contributed by atoms with E-state index < -0.39 is 71.9 Å². The lowest BCUT2D eigenvalue weighted by atomic mass is 9.98. The second-order valence-electron chi connectivity index (χ2n) is 8.57. The molecule has 0 saturated carbocycles. The van der Waals surface area contributed by atoms with E-state index in [1.54, 1.807) is 19.9 Å². The molecule has 2 amide bonds.